The van der Waals surface area contributed by atoms with Gasteiger partial charge >= 0.3 is 0 Å². The fourth-order valence-electron chi connectivity index (χ4n) is 9.34. The van der Waals surface area contributed by atoms with Gasteiger partial charge in [0.05, 0.1) is 0 Å². The summed E-state index contributed by atoms with van der Waals surface area (Å²) in [5.41, 5.74) is 9.13. The zero-order valence-corrected chi connectivity index (χ0v) is 39.1. The number of anilines is 3. The number of hydrogen-bond donors (Lipinski definition) is 0. The molecule has 0 radical (unpaired) electrons. The van der Waals surface area contributed by atoms with E-state index in [-0.39, 0.29) is 28.3 Å². The lowest BCUT2D eigenvalue weighted by atomic mass is 10.1. The molecule has 6 rings (SSSR count). The molecule has 0 aliphatic carbocycles. The van der Waals surface area contributed by atoms with E-state index in [0.717, 1.165) is 13.1 Å². The molecule has 6 heteroatoms. The summed E-state index contributed by atoms with van der Waals surface area (Å²) < 4.78 is 0. The highest BCUT2D eigenvalue weighted by molar-refractivity contribution is 6.61. The quantitative estimate of drug-likeness (QED) is 0.143. The molecule has 3 aromatic carbocycles. The highest BCUT2D eigenvalue weighted by Crippen LogP contribution is 2.30. The van der Waals surface area contributed by atoms with Gasteiger partial charge in [-0.3, -0.25) is 0 Å². The Morgan fingerprint density at radius 3 is 1.38 bits per heavy atom. The van der Waals surface area contributed by atoms with Gasteiger partial charge in [-0.1, -0.05) is 141 Å². The molecule has 3 nitrogen and oxygen atoms in total. The molecular weight excluding hydrogens is 687 g/mol. The summed E-state index contributed by atoms with van der Waals surface area (Å²) in [6, 6.07) is 28.2. The summed E-state index contributed by atoms with van der Waals surface area (Å²) >= 11 is -1.09. The third kappa shape index (κ3) is 14.6. The number of nitrogens with zero attached hydrogens (tertiary/aromatic N) is 3. The van der Waals surface area contributed by atoms with E-state index in [1.54, 1.807) is 48.4 Å². The van der Waals surface area contributed by atoms with Crippen LogP contribution in [0.4, 0.5) is 17.1 Å². The van der Waals surface area contributed by atoms with E-state index in [4.69, 9.17) is 0 Å². The van der Waals surface area contributed by atoms with Crippen LogP contribution in [0.3, 0.4) is 0 Å². The molecule has 0 bridgehead atoms. The van der Waals surface area contributed by atoms with Gasteiger partial charge in [0, 0.05) is 56.3 Å². The zero-order chi connectivity index (χ0) is 38.0. The van der Waals surface area contributed by atoms with Crippen molar-refractivity contribution in [1.29, 1.82) is 0 Å². The van der Waals surface area contributed by atoms with Crippen LogP contribution in [0, 0.1) is 0 Å². The lowest BCUT2D eigenvalue weighted by Gasteiger charge is -2.35. The topological polar surface area (TPSA) is 9.72 Å². The van der Waals surface area contributed by atoms with Crippen molar-refractivity contribution >= 4 is 59.5 Å². The minimum atomic E-state index is -0.511. The predicted octanol–water partition coefficient (Wildman–Crippen LogP) is 12.6. The molecule has 3 saturated heterocycles. The SMILES string of the molecule is CC(C)N(c1ccccc1[CH2][Al]1[CH2]CCC[CH2]1)C(C)C.CCN(CC)c1ccccc1C[CH2][Al]1[CH2]C[CH2]1.CN(C)c1ccccc1C[CH2][Al]1[CH2]CC[CH2]1. The Morgan fingerprint density at radius 2 is 0.906 bits per heavy atom. The van der Waals surface area contributed by atoms with E-state index in [1.165, 1.54) is 84.3 Å². The van der Waals surface area contributed by atoms with E-state index >= 15 is 0 Å². The van der Waals surface area contributed by atoms with Gasteiger partial charge in [0.15, 0.2) is 0 Å². The Kier molecular flexibility index (Phi) is 20.4. The van der Waals surface area contributed by atoms with Gasteiger partial charge in [-0.2, -0.15) is 0 Å². The van der Waals surface area contributed by atoms with E-state index in [9.17, 15) is 0 Å². The molecule has 0 N–H and O–H groups in total. The third-order valence-corrected chi connectivity index (χ3v) is 23.1. The van der Waals surface area contributed by atoms with Crippen LogP contribution in [0.15, 0.2) is 72.8 Å². The second-order valence-corrected chi connectivity index (χ2v) is 27.5. The van der Waals surface area contributed by atoms with E-state index in [0.29, 0.717) is 12.1 Å². The van der Waals surface area contributed by atoms with Gasteiger partial charge in [-0.05, 0) is 89.3 Å². The molecule has 53 heavy (non-hydrogen) atoms. The Morgan fingerprint density at radius 1 is 0.491 bits per heavy atom. The van der Waals surface area contributed by atoms with E-state index in [1.807, 2.05) is 0 Å². The average molecular weight is 764 g/mol. The van der Waals surface area contributed by atoms with Crippen molar-refractivity contribution in [2.24, 2.45) is 0 Å². The highest BCUT2D eigenvalue weighted by atomic mass is 27.2. The molecule has 288 valence electrons. The summed E-state index contributed by atoms with van der Waals surface area (Å²) in [4.78, 5) is 7.32. The third-order valence-electron chi connectivity index (χ3n) is 12.5. The first-order chi connectivity index (χ1) is 25.7. The summed E-state index contributed by atoms with van der Waals surface area (Å²) in [5, 5.41) is 14.0. The minimum Gasteiger partial charge on any atom is -0.377 e. The molecule has 0 amide bonds. The van der Waals surface area contributed by atoms with Crippen LogP contribution >= 0.6 is 0 Å². The normalized spacial score (nSPS) is 15.4. The molecule has 0 aromatic heterocycles. The number of rotatable bonds is 15. The second kappa shape index (κ2) is 24.3. The first kappa shape index (κ1) is 44.4. The summed E-state index contributed by atoms with van der Waals surface area (Å²) in [5.74, 6) is 0. The summed E-state index contributed by atoms with van der Waals surface area (Å²) in [6.45, 7) is 16.0. The largest absolute Gasteiger partial charge is 0.377 e. The van der Waals surface area contributed by atoms with Gasteiger partial charge in [0.1, 0.15) is 0 Å². The van der Waals surface area contributed by atoms with Crippen molar-refractivity contribution in [1.82, 2.24) is 0 Å². The zero-order valence-electron chi connectivity index (χ0n) is 35.6. The number of hydrogen-bond acceptors (Lipinski definition) is 3. The summed E-state index contributed by atoms with van der Waals surface area (Å²) in [7, 11) is 4.29. The summed E-state index contributed by atoms with van der Waals surface area (Å²) in [6.07, 6.45) is 11.7. The predicted molar refractivity (Wildman–Crippen MR) is 244 cm³/mol. The molecule has 3 aromatic rings. The molecule has 0 atom stereocenters. The van der Waals surface area contributed by atoms with Crippen molar-refractivity contribution in [3.05, 3.63) is 89.5 Å². The van der Waals surface area contributed by atoms with Gasteiger partial charge in [-0.25, -0.2) is 0 Å². The molecule has 0 saturated carbocycles. The minimum absolute atomic E-state index is 0.259. The van der Waals surface area contributed by atoms with Crippen LogP contribution in [0.25, 0.3) is 0 Å². The monoisotopic (exact) mass is 764 g/mol. The first-order valence-corrected chi connectivity index (χ1v) is 29.5. The van der Waals surface area contributed by atoms with Crippen LogP contribution in [-0.4, -0.2) is 81.7 Å². The molecule has 3 aliphatic heterocycles. The van der Waals surface area contributed by atoms with Crippen molar-refractivity contribution in [3.63, 3.8) is 0 Å². The van der Waals surface area contributed by atoms with Crippen molar-refractivity contribution in [2.75, 3.05) is 41.9 Å². The number of aryl methyl sites for hydroxylation is 2. The lowest BCUT2D eigenvalue weighted by Crippen LogP contribution is -2.38. The maximum atomic E-state index is 2.59. The molecular formula is C47H76Al3N3. The Labute approximate surface area is 341 Å². The molecule has 3 fully saturated rings. The second-order valence-electron chi connectivity index (χ2n) is 17.3. The fourth-order valence-corrected chi connectivity index (χ4v) is 18.3. The van der Waals surface area contributed by atoms with Crippen LogP contribution in [0.1, 0.15) is 96.8 Å². The Hall–Kier alpha value is -1.34. The standard InChI is InChI=1S/C13H20N.C12H18N.C10H14N.C5H10.C4H8.C3H6.3Al/c1-10(2)14(11(3)4)13-9-7-6-8-12(13)5;1-4-11-9-7-8-10-12(11)13(5-2)6-3;1-4-9-7-5-6-8-10(9)11(2)3;1-3-5-4-2;1-3-4-2;1-3-2;;;/h6-11H,5H2,1-4H3;7-10H,1,4-6H2,2-3H3;5-8H,1,4H2,2-3H3;1-5H2;1-4H2;1-3H2;;;. The Bertz CT molecular complexity index is 1410. The van der Waals surface area contributed by atoms with E-state index in [2.05, 4.69) is 143 Å². The van der Waals surface area contributed by atoms with Crippen LogP contribution in [0.5, 0.6) is 0 Å². The molecule has 3 heterocycles. The molecule has 0 unspecified atom stereocenters. The van der Waals surface area contributed by atoms with Crippen molar-refractivity contribution in [2.45, 2.75) is 153 Å². The highest BCUT2D eigenvalue weighted by Gasteiger charge is 2.26. The first-order valence-electron chi connectivity index (χ1n) is 22.2. The maximum absolute atomic E-state index is 2.59. The Balaban J connectivity index is 0.000000179. The smallest absolute Gasteiger partial charge is 0.267 e. The van der Waals surface area contributed by atoms with Crippen LogP contribution < -0.4 is 14.7 Å². The van der Waals surface area contributed by atoms with Gasteiger partial charge in [0.2, 0.25) is 0 Å². The maximum Gasteiger partial charge on any atom is 0.267 e. The van der Waals surface area contributed by atoms with Crippen molar-refractivity contribution < 1.29 is 0 Å². The van der Waals surface area contributed by atoms with Gasteiger partial charge < -0.3 is 14.7 Å². The van der Waals surface area contributed by atoms with E-state index < -0.39 is 14.1 Å². The average Bonchev–Trinajstić information content (AvgIpc) is 3.67. The van der Waals surface area contributed by atoms with Crippen LogP contribution in [-0.2, 0) is 18.1 Å². The number of benzene rings is 3. The van der Waals surface area contributed by atoms with Crippen LogP contribution in [0.2, 0.25) is 42.3 Å². The lowest BCUT2D eigenvalue weighted by molar-refractivity contribution is 0.606. The molecule has 0 spiro atoms. The van der Waals surface area contributed by atoms with Gasteiger partial charge in [-0.15, -0.1) is 0 Å². The fraction of sp³-hybridized carbons (Fsp3) is 0.617. The number of para-hydroxylation sites is 3. The molecule has 3 aliphatic rings. The van der Waals surface area contributed by atoms with Crippen molar-refractivity contribution in [3.8, 4) is 0 Å². The van der Waals surface area contributed by atoms with Gasteiger partial charge in [0.25, 0.3) is 42.4 Å².